The monoisotopic (exact) mass is 288 g/mol. The van der Waals surface area contributed by atoms with Gasteiger partial charge in [0, 0.05) is 31.6 Å². The van der Waals surface area contributed by atoms with Crippen LogP contribution in [-0.4, -0.2) is 67.9 Å². The average Bonchev–Trinajstić information content (AvgIpc) is 2.57. The molecule has 2 fully saturated rings. The number of sulfone groups is 1. The van der Waals surface area contributed by atoms with E-state index in [1.807, 2.05) is 25.8 Å². The minimum absolute atomic E-state index is 0.0190. The number of amides is 1. The Morgan fingerprint density at radius 1 is 1.16 bits per heavy atom. The van der Waals surface area contributed by atoms with Crippen LogP contribution in [0.5, 0.6) is 0 Å². The van der Waals surface area contributed by atoms with Gasteiger partial charge in [-0.05, 0) is 19.9 Å². The first-order chi connectivity index (χ1) is 8.83. The second kappa shape index (κ2) is 5.40. The van der Waals surface area contributed by atoms with E-state index < -0.39 is 9.84 Å². The molecule has 2 rings (SSSR count). The highest BCUT2D eigenvalue weighted by Gasteiger charge is 2.41. The topological polar surface area (TPSA) is 57.7 Å². The minimum Gasteiger partial charge on any atom is -0.342 e. The number of likely N-dealkylation sites (tertiary alicyclic amines) is 1. The van der Waals surface area contributed by atoms with E-state index >= 15 is 0 Å². The molecule has 2 saturated heterocycles. The summed E-state index contributed by atoms with van der Waals surface area (Å²) < 4.78 is 24.4. The van der Waals surface area contributed by atoms with Gasteiger partial charge in [-0.25, -0.2) is 8.42 Å². The molecule has 0 aromatic heterocycles. The zero-order valence-corrected chi connectivity index (χ0v) is 12.8. The summed E-state index contributed by atoms with van der Waals surface area (Å²) in [5.74, 6) is 0.371. The highest BCUT2D eigenvalue weighted by Crippen LogP contribution is 2.27. The number of carbonyl (C=O) groups is 1. The molecule has 0 aliphatic carbocycles. The molecule has 5 nitrogen and oxygen atoms in total. The van der Waals surface area contributed by atoms with Gasteiger partial charge in [-0.3, -0.25) is 4.79 Å². The molecular formula is C13H24N2O3S. The Morgan fingerprint density at radius 2 is 1.79 bits per heavy atom. The standard InChI is InChI=1S/C13H24N2O3S/c1-10(2)13(16)15-6-4-11-12(5-7-15)19(17,18)9-8-14(11)3/h10-12H,4-9H2,1-3H3/t11-,12+/m0/s1. The average molecular weight is 288 g/mol. The van der Waals surface area contributed by atoms with E-state index in [1.54, 1.807) is 0 Å². The first kappa shape index (κ1) is 14.8. The number of rotatable bonds is 1. The van der Waals surface area contributed by atoms with Crippen molar-refractivity contribution in [1.82, 2.24) is 9.80 Å². The lowest BCUT2D eigenvalue weighted by molar-refractivity contribution is -0.134. The molecule has 0 radical (unpaired) electrons. The molecule has 6 heteroatoms. The van der Waals surface area contributed by atoms with Crippen molar-refractivity contribution in [3.8, 4) is 0 Å². The fourth-order valence-corrected chi connectivity index (χ4v) is 5.29. The zero-order valence-electron chi connectivity index (χ0n) is 12.0. The molecule has 0 unspecified atom stereocenters. The molecular weight excluding hydrogens is 264 g/mol. The number of hydrogen-bond acceptors (Lipinski definition) is 4. The maximum absolute atomic E-state index is 12.2. The van der Waals surface area contributed by atoms with Gasteiger partial charge in [0.1, 0.15) is 0 Å². The van der Waals surface area contributed by atoms with Crippen molar-refractivity contribution in [1.29, 1.82) is 0 Å². The van der Waals surface area contributed by atoms with Gasteiger partial charge in [-0.15, -0.1) is 0 Å². The van der Waals surface area contributed by atoms with Crippen LogP contribution in [0.2, 0.25) is 0 Å². The summed E-state index contributed by atoms with van der Waals surface area (Å²) in [5.41, 5.74) is 0. The molecule has 110 valence electrons. The molecule has 0 aromatic carbocycles. The van der Waals surface area contributed by atoms with E-state index in [9.17, 15) is 13.2 Å². The van der Waals surface area contributed by atoms with Crippen LogP contribution in [0.15, 0.2) is 0 Å². The molecule has 2 aliphatic rings. The van der Waals surface area contributed by atoms with Gasteiger partial charge in [0.15, 0.2) is 9.84 Å². The summed E-state index contributed by atoms with van der Waals surface area (Å²) in [7, 11) is -0.997. The third-order valence-electron chi connectivity index (χ3n) is 4.37. The van der Waals surface area contributed by atoms with Crippen LogP contribution >= 0.6 is 0 Å². The molecule has 0 aromatic rings. The molecule has 0 saturated carbocycles. The van der Waals surface area contributed by atoms with Crippen molar-refractivity contribution >= 4 is 15.7 Å². The first-order valence-electron chi connectivity index (χ1n) is 7.03. The Morgan fingerprint density at radius 3 is 2.42 bits per heavy atom. The lowest BCUT2D eigenvalue weighted by Gasteiger charge is -2.37. The van der Waals surface area contributed by atoms with E-state index in [0.29, 0.717) is 26.1 Å². The Hall–Kier alpha value is -0.620. The van der Waals surface area contributed by atoms with E-state index in [0.717, 1.165) is 6.42 Å². The van der Waals surface area contributed by atoms with Crippen molar-refractivity contribution in [2.75, 3.05) is 32.4 Å². The normalized spacial score (nSPS) is 31.9. The van der Waals surface area contributed by atoms with Crippen molar-refractivity contribution in [3.05, 3.63) is 0 Å². The summed E-state index contributed by atoms with van der Waals surface area (Å²) in [5, 5.41) is -0.295. The Kier molecular flexibility index (Phi) is 4.20. The van der Waals surface area contributed by atoms with E-state index in [4.69, 9.17) is 0 Å². The van der Waals surface area contributed by atoms with Crippen LogP contribution in [0.1, 0.15) is 26.7 Å². The minimum atomic E-state index is -2.99. The van der Waals surface area contributed by atoms with E-state index in [1.165, 1.54) is 0 Å². The highest BCUT2D eigenvalue weighted by molar-refractivity contribution is 7.92. The van der Waals surface area contributed by atoms with Gasteiger partial charge in [0.2, 0.25) is 5.91 Å². The molecule has 2 heterocycles. The van der Waals surface area contributed by atoms with Gasteiger partial charge >= 0.3 is 0 Å². The molecule has 2 aliphatic heterocycles. The van der Waals surface area contributed by atoms with Crippen LogP contribution in [0.25, 0.3) is 0 Å². The number of fused-ring (bicyclic) bond motifs is 1. The molecule has 19 heavy (non-hydrogen) atoms. The van der Waals surface area contributed by atoms with Crippen molar-refractivity contribution in [2.24, 2.45) is 5.92 Å². The molecule has 0 spiro atoms. The van der Waals surface area contributed by atoms with Gasteiger partial charge in [0.25, 0.3) is 0 Å². The van der Waals surface area contributed by atoms with Crippen LogP contribution in [0.3, 0.4) is 0 Å². The van der Waals surface area contributed by atoms with Gasteiger partial charge in [-0.2, -0.15) is 0 Å². The Bertz CT molecular complexity index is 447. The van der Waals surface area contributed by atoms with Crippen molar-refractivity contribution < 1.29 is 13.2 Å². The highest BCUT2D eigenvalue weighted by atomic mass is 32.2. The summed E-state index contributed by atoms with van der Waals surface area (Å²) in [6.07, 6.45) is 1.34. The van der Waals surface area contributed by atoms with Gasteiger partial charge < -0.3 is 9.80 Å². The lowest BCUT2D eigenvalue weighted by atomic mass is 10.1. The zero-order chi connectivity index (χ0) is 14.2. The third-order valence-corrected chi connectivity index (χ3v) is 6.59. The van der Waals surface area contributed by atoms with Crippen LogP contribution < -0.4 is 0 Å². The maximum atomic E-state index is 12.2. The maximum Gasteiger partial charge on any atom is 0.225 e. The van der Waals surface area contributed by atoms with Crippen LogP contribution in [0.4, 0.5) is 0 Å². The van der Waals surface area contributed by atoms with Gasteiger partial charge in [-0.1, -0.05) is 13.8 Å². The second-order valence-corrected chi connectivity index (χ2v) is 8.35. The molecule has 0 N–H and O–H groups in total. The first-order valence-corrected chi connectivity index (χ1v) is 8.75. The second-order valence-electron chi connectivity index (χ2n) is 6.01. The predicted octanol–water partition coefficient (Wildman–Crippen LogP) is 0.362. The predicted molar refractivity (Wildman–Crippen MR) is 74.6 cm³/mol. The van der Waals surface area contributed by atoms with Crippen molar-refractivity contribution in [2.45, 2.75) is 38.0 Å². The number of nitrogens with zero attached hydrogens (tertiary/aromatic N) is 2. The summed E-state index contributed by atoms with van der Waals surface area (Å²) >= 11 is 0. The lowest BCUT2D eigenvalue weighted by Crippen LogP contribution is -2.52. The fourth-order valence-electron chi connectivity index (χ4n) is 3.16. The number of carbonyl (C=O) groups excluding carboxylic acids is 1. The van der Waals surface area contributed by atoms with E-state index in [2.05, 4.69) is 4.90 Å². The fraction of sp³-hybridized carbons (Fsp3) is 0.923. The van der Waals surface area contributed by atoms with Crippen LogP contribution in [0, 0.1) is 5.92 Å². The SMILES string of the molecule is CC(C)C(=O)N1CC[C@@H]2[C@H](CC1)N(C)CCS2(=O)=O. The third kappa shape index (κ3) is 2.94. The Balaban J connectivity index is 2.16. The number of hydrogen-bond donors (Lipinski definition) is 0. The largest absolute Gasteiger partial charge is 0.342 e. The summed E-state index contributed by atoms with van der Waals surface area (Å²) in [6, 6.07) is 0.0729. The summed E-state index contributed by atoms with van der Waals surface area (Å²) in [6.45, 7) is 5.65. The smallest absolute Gasteiger partial charge is 0.225 e. The van der Waals surface area contributed by atoms with Gasteiger partial charge in [0.05, 0.1) is 11.0 Å². The Labute approximate surface area is 115 Å². The molecule has 2 atom stereocenters. The van der Waals surface area contributed by atoms with Crippen molar-refractivity contribution in [3.63, 3.8) is 0 Å². The summed E-state index contributed by atoms with van der Waals surface area (Å²) in [4.78, 5) is 16.0. The molecule has 1 amide bonds. The van der Waals surface area contributed by atoms with E-state index in [-0.39, 0.29) is 28.9 Å². The molecule has 0 bridgehead atoms. The quantitative estimate of drug-likeness (QED) is 0.699. The van der Waals surface area contributed by atoms with Crippen LogP contribution in [-0.2, 0) is 14.6 Å².